The highest BCUT2D eigenvalue weighted by Gasteiger charge is 2.36. The summed E-state index contributed by atoms with van der Waals surface area (Å²) in [6.45, 7) is 2.36. The summed E-state index contributed by atoms with van der Waals surface area (Å²) in [7, 11) is 3.44. The topological polar surface area (TPSA) is 83.5 Å². The van der Waals surface area contributed by atoms with Gasteiger partial charge in [-0.1, -0.05) is 0 Å². The Morgan fingerprint density at radius 2 is 1.90 bits per heavy atom. The minimum atomic E-state index is 0. The van der Waals surface area contributed by atoms with Gasteiger partial charge in [-0.3, -0.25) is 9.88 Å². The number of hydrogen-bond acceptors (Lipinski definition) is 6. The second-order valence-corrected chi connectivity index (χ2v) is 7.78. The van der Waals surface area contributed by atoms with Gasteiger partial charge in [0.1, 0.15) is 5.52 Å². The normalized spacial score (nSPS) is 16.8. The number of amides is 2. The lowest BCUT2D eigenvalue weighted by Crippen LogP contribution is -2.53. The van der Waals surface area contributed by atoms with Gasteiger partial charge in [0.15, 0.2) is 0 Å². The van der Waals surface area contributed by atoms with Gasteiger partial charge in [0.25, 0.3) is 0 Å². The third kappa shape index (κ3) is 3.77. The second kappa shape index (κ2) is 8.64. The SMILES string of the molecule is COc1ccc(-c2ccc3ncc4c(c3n2)N(C2CCNCC2)C(=O)N(C)C4)cn1.Cl. The predicted molar refractivity (Wildman–Crippen MR) is 122 cm³/mol. The average Bonchev–Trinajstić information content (AvgIpc) is 2.80. The molecule has 0 aromatic carbocycles. The highest BCUT2D eigenvalue weighted by Crippen LogP contribution is 2.37. The van der Waals surface area contributed by atoms with Crippen LogP contribution in [0.5, 0.6) is 5.88 Å². The molecule has 5 rings (SSSR count). The van der Waals surface area contributed by atoms with Crippen molar-refractivity contribution in [3.05, 3.63) is 42.2 Å². The molecule has 3 aromatic rings. The van der Waals surface area contributed by atoms with Crippen molar-refractivity contribution >= 4 is 35.2 Å². The predicted octanol–water partition coefficient (Wildman–Crippen LogP) is 3.25. The Morgan fingerprint density at radius 1 is 1.10 bits per heavy atom. The fourth-order valence-corrected chi connectivity index (χ4v) is 4.30. The maximum atomic E-state index is 13.2. The number of carbonyl (C=O) groups excluding carboxylic acids is 1. The third-order valence-corrected chi connectivity index (χ3v) is 5.86. The summed E-state index contributed by atoms with van der Waals surface area (Å²) in [6.07, 6.45) is 5.47. The molecule has 1 fully saturated rings. The number of nitrogens with zero attached hydrogens (tertiary/aromatic N) is 5. The average molecular weight is 441 g/mol. The van der Waals surface area contributed by atoms with Crippen LogP contribution in [0.2, 0.25) is 0 Å². The number of fused-ring (bicyclic) bond motifs is 3. The maximum absolute atomic E-state index is 13.2. The van der Waals surface area contributed by atoms with Crippen LogP contribution in [0.25, 0.3) is 22.3 Å². The van der Waals surface area contributed by atoms with Gasteiger partial charge in [0.05, 0.1) is 30.6 Å². The molecule has 3 aromatic heterocycles. The summed E-state index contributed by atoms with van der Waals surface area (Å²) in [4.78, 5) is 30.8. The molecule has 0 spiro atoms. The number of nitrogens with one attached hydrogen (secondary N) is 1. The van der Waals surface area contributed by atoms with Crippen molar-refractivity contribution in [2.75, 3.05) is 32.1 Å². The molecule has 0 radical (unpaired) electrons. The van der Waals surface area contributed by atoms with Gasteiger partial charge in [-0.15, -0.1) is 12.4 Å². The summed E-state index contributed by atoms with van der Waals surface area (Å²) >= 11 is 0. The first-order chi connectivity index (χ1) is 14.7. The number of urea groups is 1. The van der Waals surface area contributed by atoms with E-state index in [1.807, 2.05) is 42.4 Å². The first-order valence-electron chi connectivity index (χ1n) is 10.2. The van der Waals surface area contributed by atoms with E-state index >= 15 is 0 Å². The first kappa shape index (κ1) is 21.3. The minimum absolute atomic E-state index is 0. The molecule has 5 heterocycles. The third-order valence-electron chi connectivity index (χ3n) is 5.86. The smallest absolute Gasteiger partial charge is 0.324 e. The molecular formula is C22H25ClN6O2. The zero-order valence-electron chi connectivity index (χ0n) is 17.5. The van der Waals surface area contributed by atoms with Crippen molar-refractivity contribution in [1.82, 2.24) is 25.2 Å². The standard InChI is InChI=1S/C22H24N6O2.ClH/c1-27-13-15-12-24-18-5-4-17(14-3-6-19(30-2)25-11-14)26-20(18)21(15)28(22(27)29)16-7-9-23-10-8-16;/h3-6,11-12,16,23H,7-10,13H2,1-2H3;1H. The number of ether oxygens (including phenoxy) is 1. The van der Waals surface area contributed by atoms with Gasteiger partial charge in [-0.2, -0.15) is 0 Å². The van der Waals surface area contributed by atoms with Crippen LogP contribution in [0.4, 0.5) is 10.5 Å². The van der Waals surface area contributed by atoms with Crippen LogP contribution in [0.1, 0.15) is 18.4 Å². The van der Waals surface area contributed by atoms with Gasteiger partial charge >= 0.3 is 6.03 Å². The number of carbonyl (C=O) groups is 1. The summed E-state index contributed by atoms with van der Waals surface area (Å²) in [6, 6.07) is 7.84. The van der Waals surface area contributed by atoms with Gasteiger partial charge in [0.2, 0.25) is 5.88 Å². The molecule has 1 saturated heterocycles. The largest absolute Gasteiger partial charge is 0.481 e. The van der Waals surface area contributed by atoms with Crippen molar-refractivity contribution in [1.29, 1.82) is 0 Å². The van der Waals surface area contributed by atoms with Gasteiger partial charge in [-0.05, 0) is 44.1 Å². The lowest BCUT2D eigenvalue weighted by Gasteiger charge is -2.41. The molecule has 1 N–H and O–H groups in total. The van der Waals surface area contributed by atoms with Crippen LogP contribution in [-0.2, 0) is 6.54 Å². The maximum Gasteiger partial charge on any atom is 0.324 e. The number of rotatable bonds is 3. The highest BCUT2D eigenvalue weighted by atomic mass is 35.5. The van der Waals surface area contributed by atoms with Gasteiger partial charge < -0.3 is 15.0 Å². The van der Waals surface area contributed by atoms with E-state index in [2.05, 4.69) is 15.3 Å². The highest BCUT2D eigenvalue weighted by molar-refractivity contribution is 6.04. The molecule has 162 valence electrons. The Kier molecular flexibility index (Phi) is 5.93. The Balaban J connectivity index is 0.00000231. The molecule has 0 unspecified atom stereocenters. The van der Waals surface area contributed by atoms with Crippen molar-refractivity contribution in [2.24, 2.45) is 0 Å². The molecular weight excluding hydrogens is 416 g/mol. The van der Waals surface area contributed by atoms with E-state index in [4.69, 9.17) is 9.72 Å². The number of hydrogen-bond donors (Lipinski definition) is 1. The fraction of sp³-hybridized carbons (Fsp3) is 0.364. The Bertz CT molecular complexity index is 1100. The van der Waals surface area contributed by atoms with Crippen LogP contribution < -0.4 is 15.0 Å². The lowest BCUT2D eigenvalue weighted by atomic mass is 10.0. The lowest BCUT2D eigenvalue weighted by molar-refractivity contribution is 0.205. The van der Waals surface area contributed by atoms with E-state index < -0.39 is 0 Å². The molecule has 2 aliphatic heterocycles. The van der Waals surface area contributed by atoms with Crippen LogP contribution >= 0.6 is 12.4 Å². The van der Waals surface area contributed by atoms with Gasteiger partial charge in [0, 0.05) is 42.7 Å². The van der Waals surface area contributed by atoms with E-state index in [0.717, 1.165) is 59.5 Å². The summed E-state index contributed by atoms with van der Waals surface area (Å²) in [5.74, 6) is 0.560. The number of piperidine rings is 1. The molecule has 31 heavy (non-hydrogen) atoms. The zero-order valence-corrected chi connectivity index (χ0v) is 18.4. The number of halogens is 1. The fourth-order valence-electron chi connectivity index (χ4n) is 4.30. The second-order valence-electron chi connectivity index (χ2n) is 7.78. The van der Waals surface area contributed by atoms with Crippen LogP contribution in [0, 0.1) is 0 Å². The molecule has 9 heteroatoms. The quantitative estimate of drug-likeness (QED) is 0.673. The summed E-state index contributed by atoms with van der Waals surface area (Å²) < 4.78 is 5.16. The molecule has 0 atom stereocenters. The van der Waals surface area contributed by atoms with Crippen LogP contribution in [0.15, 0.2) is 36.7 Å². The monoisotopic (exact) mass is 440 g/mol. The molecule has 8 nitrogen and oxygen atoms in total. The van der Waals surface area contributed by atoms with Gasteiger partial charge in [-0.25, -0.2) is 14.8 Å². The summed E-state index contributed by atoms with van der Waals surface area (Å²) in [5, 5.41) is 3.38. The summed E-state index contributed by atoms with van der Waals surface area (Å²) in [5.41, 5.74) is 5.17. The number of anilines is 1. The number of pyridine rings is 3. The minimum Gasteiger partial charge on any atom is -0.481 e. The molecule has 2 amide bonds. The van der Waals surface area contributed by atoms with Crippen LogP contribution in [-0.4, -0.2) is 59.2 Å². The van der Waals surface area contributed by atoms with E-state index in [-0.39, 0.29) is 24.5 Å². The Morgan fingerprint density at radius 3 is 2.61 bits per heavy atom. The molecule has 0 bridgehead atoms. The van der Waals surface area contributed by atoms with Crippen molar-refractivity contribution in [3.63, 3.8) is 0 Å². The Hall–Kier alpha value is -2.97. The number of methoxy groups -OCH3 is 1. The number of aromatic nitrogens is 3. The Labute approximate surface area is 187 Å². The van der Waals surface area contributed by atoms with E-state index in [1.165, 1.54) is 0 Å². The van der Waals surface area contributed by atoms with Crippen molar-refractivity contribution < 1.29 is 9.53 Å². The van der Waals surface area contributed by atoms with E-state index in [1.54, 1.807) is 18.2 Å². The van der Waals surface area contributed by atoms with Crippen LogP contribution in [0.3, 0.4) is 0 Å². The molecule has 0 saturated carbocycles. The zero-order chi connectivity index (χ0) is 20.7. The van der Waals surface area contributed by atoms with E-state index in [0.29, 0.717) is 12.4 Å². The van der Waals surface area contributed by atoms with Crippen molar-refractivity contribution in [2.45, 2.75) is 25.4 Å². The van der Waals surface area contributed by atoms with E-state index in [9.17, 15) is 4.79 Å². The molecule has 0 aliphatic carbocycles. The molecule has 2 aliphatic rings. The first-order valence-corrected chi connectivity index (χ1v) is 10.2. The van der Waals surface area contributed by atoms with Crippen molar-refractivity contribution in [3.8, 4) is 17.1 Å².